The molecule has 1 N–H and O–H groups in total. The van der Waals surface area contributed by atoms with Gasteiger partial charge in [-0.1, -0.05) is 0 Å². The molecule has 0 saturated carbocycles. The number of esters is 1. The van der Waals surface area contributed by atoms with Gasteiger partial charge >= 0.3 is 5.97 Å². The Balaban J connectivity index is 1.94. The molecule has 0 bridgehead atoms. The van der Waals surface area contributed by atoms with Crippen molar-refractivity contribution in [1.29, 1.82) is 0 Å². The van der Waals surface area contributed by atoms with Crippen molar-refractivity contribution in [2.75, 3.05) is 27.2 Å². The largest absolute Gasteiger partial charge is 0.468 e. The molecule has 7 nitrogen and oxygen atoms in total. The molecule has 94 valence electrons. The van der Waals surface area contributed by atoms with Crippen LogP contribution < -0.4 is 5.32 Å². The van der Waals surface area contributed by atoms with Gasteiger partial charge in [0.25, 0.3) is 0 Å². The maximum atomic E-state index is 11.5. The lowest BCUT2D eigenvalue weighted by Gasteiger charge is -2.29. The zero-order valence-electron chi connectivity index (χ0n) is 10.1. The van der Waals surface area contributed by atoms with Crippen molar-refractivity contribution in [3.8, 4) is 0 Å². The van der Waals surface area contributed by atoms with Crippen molar-refractivity contribution >= 4 is 5.97 Å². The van der Waals surface area contributed by atoms with Crippen LogP contribution in [0.15, 0.2) is 6.33 Å². The quantitative estimate of drug-likeness (QED) is 0.669. The minimum absolute atomic E-state index is 0.237. The molecule has 1 unspecified atom stereocenters. The fourth-order valence-electron chi connectivity index (χ4n) is 1.96. The van der Waals surface area contributed by atoms with Crippen LogP contribution in [0.5, 0.6) is 0 Å². The number of hydrogen-bond acceptors (Lipinski definition) is 6. The summed E-state index contributed by atoms with van der Waals surface area (Å²) in [5.41, 5.74) is 0. The first-order valence-electron chi connectivity index (χ1n) is 5.58. The van der Waals surface area contributed by atoms with E-state index >= 15 is 0 Å². The molecule has 1 aliphatic heterocycles. The third kappa shape index (κ3) is 2.62. The predicted molar refractivity (Wildman–Crippen MR) is 60.2 cm³/mol. The zero-order chi connectivity index (χ0) is 12.3. The molecule has 2 rings (SSSR count). The van der Waals surface area contributed by atoms with Gasteiger partial charge in [-0.2, -0.15) is 0 Å². The summed E-state index contributed by atoms with van der Waals surface area (Å²) < 4.78 is 6.77. The first-order chi connectivity index (χ1) is 8.24. The molecule has 0 spiro atoms. The second-order valence-electron chi connectivity index (χ2n) is 4.04. The van der Waals surface area contributed by atoms with Gasteiger partial charge in [0.2, 0.25) is 0 Å². The lowest BCUT2D eigenvalue weighted by atomic mass is 10.2. The van der Waals surface area contributed by atoms with E-state index in [0.717, 1.165) is 25.5 Å². The van der Waals surface area contributed by atoms with Crippen LogP contribution >= 0.6 is 0 Å². The number of nitrogens with one attached hydrogen (secondary N) is 1. The van der Waals surface area contributed by atoms with E-state index in [2.05, 4.69) is 20.4 Å². The fourth-order valence-corrected chi connectivity index (χ4v) is 1.96. The van der Waals surface area contributed by atoms with Gasteiger partial charge in [0.05, 0.1) is 13.7 Å². The van der Waals surface area contributed by atoms with E-state index in [9.17, 15) is 4.79 Å². The number of nitrogens with zero attached hydrogens (tertiary/aromatic N) is 4. The minimum atomic E-state index is -0.297. The summed E-state index contributed by atoms with van der Waals surface area (Å²) in [4.78, 5) is 13.6. The summed E-state index contributed by atoms with van der Waals surface area (Å²) in [7, 11) is 3.16. The average Bonchev–Trinajstić information content (AvgIpc) is 2.82. The second kappa shape index (κ2) is 5.24. The monoisotopic (exact) mass is 239 g/mol. The van der Waals surface area contributed by atoms with Crippen molar-refractivity contribution in [2.45, 2.75) is 19.1 Å². The van der Waals surface area contributed by atoms with Crippen LogP contribution in [0.1, 0.15) is 5.82 Å². The summed E-state index contributed by atoms with van der Waals surface area (Å²) in [6.07, 6.45) is 1.74. The molecule has 0 aromatic carbocycles. The van der Waals surface area contributed by atoms with Crippen LogP contribution in [0.4, 0.5) is 0 Å². The number of carbonyl (C=O) groups is 1. The first kappa shape index (κ1) is 12.0. The zero-order valence-corrected chi connectivity index (χ0v) is 10.1. The van der Waals surface area contributed by atoms with Crippen LogP contribution in [0.25, 0.3) is 0 Å². The molecular weight excluding hydrogens is 222 g/mol. The Morgan fingerprint density at radius 1 is 1.65 bits per heavy atom. The van der Waals surface area contributed by atoms with E-state index in [4.69, 9.17) is 4.74 Å². The smallest absolute Gasteiger partial charge is 0.324 e. The second-order valence-corrected chi connectivity index (χ2v) is 4.04. The molecule has 1 aromatic rings. The number of carbonyl (C=O) groups excluding carboxylic acids is 1. The Kier molecular flexibility index (Phi) is 3.70. The van der Waals surface area contributed by atoms with Crippen molar-refractivity contribution < 1.29 is 9.53 Å². The number of likely N-dealkylation sites (N-methyl/N-ethyl adjacent to an activating group) is 1. The van der Waals surface area contributed by atoms with E-state index < -0.39 is 0 Å². The molecule has 1 aromatic heterocycles. The molecule has 1 aliphatic rings. The Bertz CT molecular complexity index is 392. The van der Waals surface area contributed by atoms with Gasteiger partial charge in [0, 0.05) is 19.6 Å². The number of aromatic nitrogens is 3. The summed E-state index contributed by atoms with van der Waals surface area (Å²) in [6, 6.07) is -0.297. The molecule has 0 saturated heterocycles. The third-order valence-corrected chi connectivity index (χ3v) is 2.99. The van der Waals surface area contributed by atoms with Crippen molar-refractivity contribution in [1.82, 2.24) is 25.0 Å². The van der Waals surface area contributed by atoms with Gasteiger partial charge in [-0.3, -0.25) is 9.69 Å². The third-order valence-electron chi connectivity index (χ3n) is 2.99. The number of rotatable bonds is 4. The Morgan fingerprint density at radius 2 is 2.47 bits per heavy atom. The maximum absolute atomic E-state index is 11.5. The van der Waals surface area contributed by atoms with E-state index in [1.165, 1.54) is 7.11 Å². The van der Waals surface area contributed by atoms with Gasteiger partial charge in [0.1, 0.15) is 18.2 Å². The van der Waals surface area contributed by atoms with E-state index in [1.807, 2.05) is 4.57 Å². The number of methoxy groups -OCH3 is 1. The van der Waals surface area contributed by atoms with Crippen molar-refractivity contribution in [3.05, 3.63) is 12.2 Å². The highest BCUT2D eigenvalue weighted by Gasteiger charge is 2.24. The van der Waals surface area contributed by atoms with Crippen LogP contribution in [0.3, 0.4) is 0 Å². The maximum Gasteiger partial charge on any atom is 0.324 e. The standard InChI is InChI=1S/C10H17N5O2/c1-11-8(10(16)17-2)5-14-3-4-15-7-12-13-9(15)6-14/h7-8,11H,3-6H2,1-2H3. The first-order valence-corrected chi connectivity index (χ1v) is 5.58. The fraction of sp³-hybridized carbons (Fsp3) is 0.700. The van der Waals surface area contributed by atoms with Gasteiger partial charge < -0.3 is 14.6 Å². The molecular formula is C10H17N5O2. The molecule has 2 heterocycles. The van der Waals surface area contributed by atoms with Crippen LogP contribution in [-0.4, -0.2) is 58.9 Å². The van der Waals surface area contributed by atoms with Gasteiger partial charge in [-0.15, -0.1) is 10.2 Å². The average molecular weight is 239 g/mol. The van der Waals surface area contributed by atoms with Gasteiger partial charge in [-0.25, -0.2) is 0 Å². The van der Waals surface area contributed by atoms with Crippen molar-refractivity contribution in [2.24, 2.45) is 0 Å². The summed E-state index contributed by atoms with van der Waals surface area (Å²) >= 11 is 0. The van der Waals surface area contributed by atoms with Crippen LogP contribution in [-0.2, 0) is 22.6 Å². The Labute approximate surface area is 99.8 Å². The van der Waals surface area contributed by atoms with E-state index in [1.54, 1.807) is 13.4 Å². The predicted octanol–water partition coefficient (Wildman–Crippen LogP) is -1.15. The molecule has 17 heavy (non-hydrogen) atoms. The Hall–Kier alpha value is -1.47. The molecule has 1 atom stereocenters. The number of ether oxygens (including phenoxy) is 1. The number of fused-ring (bicyclic) bond motifs is 1. The van der Waals surface area contributed by atoms with Gasteiger partial charge in [-0.05, 0) is 7.05 Å². The molecule has 0 amide bonds. The Morgan fingerprint density at radius 3 is 3.18 bits per heavy atom. The molecule has 0 aliphatic carbocycles. The summed E-state index contributed by atoms with van der Waals surface area (Å²) in [6.45, 7) is 3.09. The normalized spacial score (nSPS) is 17.5. The summed E-state index contributed by atoms with van der Waals surface area (Å²) in [5, 5.41) is 10.9. The molecule has 7 heteroatoms. The number of hydrogen-bond donors (Lipinski definition) is 1. The molecule has 0 fully saturated rings. The van der Waals surface area contributed by atoms with E-state index in [-0.39, 0.29) is 12.0 Å². The molecule has 0 radical (unpaired) electrons. The lowest BCUT2D eigenvalue weighted by molar-refractivity contribution is -0.143. The van der Waals surface area contributed by atoms with Gasteiger partial charge in [0.15, 0.2) is 0 Å². The lowest BCUT2D eigenvalue weighted by Crippen LogP contribution is -2.47. The minimum Gasteiger partial charge on any atom is -0.468 e. The highest BCUT2D eigenvalue weighted by molar-refractivity contribution is 5.75. The highest BCUT2D eigenvalue weighted by atomic mass is 16.5. The van der Waals surface area contributed by atoms with Crippen LogP contribution in [0, 0.1) is 0 Å². The topological polar surface area (TPSA) is 72.3 Å². The highest BCUT2D eigenvalue weighted by Crippen LogP contribution is 2.09. The SMILES string of the molecule is CNC(CN1CCn2cnnc2C1)C(=O)OC. The van der Waals surface area contributed by atoms with Crippen LogP contribution in [0.2, 0.25) is 0 Å². The summed E-state index contributed by atoms with van der Waals surface area (Å²) in [5.74, 6) is 0.704. The van der Waals surface area contributed by atoms with Crippen molar-refractivity contribution in [3.63, 3.8) is 0 Å². The van der Waals surface area contributed by atoms with E-state index in [0.29, 0.717) is 6.54 Å².